The van der Waals surface area contributed by atoms with Gasteiger partial charge in [-0.05, 0) is 130 Å². The van der Waals surface area contributed by atoms with Crippen molar-refractivity contribution in [2.24, 2.45) is 0 Å². The van der Waals surface area contributed by atoms with Crippen molar-refractivity contribution in [3.63, 3.8) is 0 Å². The van der Waals surface area contributed by atoms with Gasteiger partial charge in [0, 0.05) is 0 Å². The molecule has 0 radical (unpaired) electrons. The summed E-state index contributed by atoms with van der Waals surface area (Å²) in [6.07, 6.45) is 3.44. The lowest BCUT2D eigenvalue weighted by Crippen LogP contribution is -1.94. The summed E-state index contributed by atoms with van der Waals surface area (Å²) in [5.74, 6) is 0. The molecule has 0 aromatic heterocycles. The Kier molecular flexibility index (Phi) is 3.91. The Hall–Kier alpha value is -1.56. The molecule has 0 bridgehead atoms. The van der Waals surface area contributed by atoms with Gasteiger partial charge in [-0.25, -0.2) is 0 Å². The third kappa shape index (κ3) is 2.35. The molecule has 0 nitrogen and oxygen atoms in total. The zero-order chi connectivity index (χ0) is 17.0. The van der Waals surface area contributed by atoms with Crippen molar-refractivity contribution in [1.82, 2.24) is 0 Å². The summed E-state index contributed by atoms with van der Waals surface area (Å²) >= 11 is 0. The highest BCUT2D eigenvalue weighted by Gasteiger charge is 2.29. The second kappa shape index (κ2) is 5.51. The standard InChI is InChI=1S/C23H30/c1-12-9-20(16(5)14(12)3)22-11-23(19(8)18(22)7)21-10-13(2)15(4)17(21)6/h9-11H2,1-8H3. The largest absolute Gasteiger partial charge is 0.0657 e. The Bertz CT molecular complexity index is 727. The first-order valence-corrected chi connectivity index (χ1v) is 8.87. The normalized spacial score (nSPS) is 23.0. The van der Waals surface area contributed by atoms with E-state index in [4.69, 9.17) is 0 Å². The van der Waals surface area contributed by atoms with Gasteiger partial charge in [0.05, 0.1) is 0 Å². The van der Waals surface area contributed by atoms with E-state index in [1.54, 1.807) is 33.4 Å². The first-order valence-electron chi connectivity index (χ1n) is 8.87. The fraction of sp³-hybridized carbons (Fsp3) is 0.478. The summed E-state index contributed by atoms with van der Waals surface area (Å²) in [4.78, 5) is 0. The van der Waals surface area contributed by atoms with Crippen LogP contribution in [0.1, 0.15) is 74.7 Å². The highest BCUT2D eigenvalue weighted by atomic mass is 14.3. The summed E-state index contributed by atoms with van der Waals surface area (Å²) in [5, 5.41) is 0. The van der Waals surface area contributed by atoms with Crippen LogP contribution in [0.3, 0.4) is 0 Å². The number of rotatable bonds is 2. The maximum Gasteiger partial charge on any atom is -0.00144 e. The van der Waals surface area contributed by atoms with Crippen molar-refractivity contribution >= 4 is 0 Å². The SMILES string of the molecule is CC1=C(C)C(C)=C(C2=C(C)C(C)=C(C3=C(C)C(C)=C(C)C3)C2)C1. The second-order valence-corrected chi connectivity index (χ2v) is 7.76. The first-order chi connectivity index (χ1) is 10.7. The molecule has 0 aromatic carbocycles. The average Bonchev–Trinajstić information content (AvgIpc) is 3.04. The van der Waals surface area contributed by atoms with Gasteiger partial charge in [-0.2, -0.15) is 0 Å². The number of hydrogen-bond acceptors (Lipinski definition) is 0. The molecule has 3 aliphatic carbocycles. The van der Waals surface area contributed by atoms with E-state index in [-0.39, 0.29) is 0 Å². The van der Waals surface area contributed by atoms with Gasteiger partial charge < -0.3 is 0 Å². The summed E-state index contributed by atoms with van der Waals surface area (Å²) in [6.45, 7) is 18.4. The highest BCUT2D eigenvalue weighted by Crippen LogP contribution is 2.48. The van der Waals surface area contributed by atoms with Gasteiger partial charge >= 0.3 is 0 Å². The molecule has 23 heavy (non-hydrogen) atoms. The molecule has 0 atom stereocenters. The van der Waals surface area contributed by atoms with Crippen LogP contribution in [0.25, 0.3) is 0 Å². The summed E-state index contributed by atoms with van der Waals surface area (Å²) in [7, 11) is 0. The van der Waals surface area contributed by atoms with Crippen LogP contribution in [0.5, 0.6) is 0 Å². The van der Waals surface area contributed by atoms with E-state index < -0.39 is 0 Å². The summed E-state index contributed by atoms with van der Waals surface area (Å²) in [5.41, 5.74) is 18.6. The van der Waals surface area contributed by atoms with Crippen molar-refractivity contribution in [2.45, 2.75) is 74.7 Å². The Morgan fingerprint density at radius 3 is 0.870 bits per heavy atom. The third-order valence-electron chi connectivity index (χ3n) is 6.74. The van der Waals surface area contributed by atoms with Gasteiger partial charge in [0.15, 0.2) is 0 Å². The van der Waals surface area contributed by atoms with Crippen LogP contribution in [0.15, 0.2) is 66.9 Å². The lowest BCUT2D eigenvalue weighted by atomic mass is 9.92. The zero-order valence-electron chi connectivity index (χ0n) is 16.1. The molecule has 0 amide bonds. The number of allylic oxidation sites excluding steroid dienone is 12. The smallest absolute Gasteiger partial charge is 0.00144 e. The molecule has 0 unspecified atom stereocenters. The molecule has 0 saturated carbocycles. The lowest BCUT2D eigenvalue weighted by Gasteiger charge is -2.12. The van der Waals surface area contributed by atoms with Crippen LogP contribution in [-0.4, -0.2) is 0 Å². The van der Waals surface area contributed by atoms with Crippen LogP contribution in [0.2, 0.25) is 0 Å². The lowest BCUT2D eigenvalue weighted by molar-refractivity contribution is 1.04. The molecule has 0 heteroatoms. The fourth-order valence-corrected chi connectivity index (χ4v) is 4.38. The minimum atomic E-state index is 1.14. The molecule has 3 aliphatic rings. The predicted octanol–water partition coefficient (Wildman–Crippen LogP) is 7.14. The molecule has 0 N–H and O–H groups in total. The Balaban J connectivity index is 1.96. The van der Waals surface area contributed by atoms with E-state index in [9.17, 15) is 0 Å². The Morgan fingerprint density at radius 2 is 0.609 bits per heavy atom. The quantitative estimate of drug-likeness (QED) is 0.508. The second-order valence-electron chi connectivity index (χ2n) is 7.76. The van der Waals surface area contributed by atoms with Crippen molar-refractivity contribution in [2.75, 3.05) is 0 Å². The predicted molar refractivity (Wildman–Crippen MR) is 101 cm³/mol. The van der Waals surface area contributed by atoms with Gasteiger partial charge in [0.25, 0.3) is 0 Å². The van der Waals surface area contributed by atoms with E-state index in [1.807, 2.05) is 0 Å². The maximum absolute atomic E-state index is 2.33. The van der Waals surface area contributed by atoms with Gasteiger partial charge in [-0.1, -0.05) is 11.1 Å². The van der Waals surface area contributed by atoms with E-state index >= 15 is 0 Å². The van der Waals surface area contributed by atoms with Crippen LogP contribution in [0.4, 0.5) is 0 Å². The summed E-state index contributed by atoms with van der Waals surface area (Å²) < 4.78 is 0. The topological polar surface area (TPSA) is 0 Å². The van der Waals surface area contributed by atoms with Crippen LogP contribution < -0.4 is 0 Å². The average molecular weight is 306 g/mol. The summed E-state index contributed by atoms with van der Waals surface area (Å²) in [6, 6.07) is 0. The number of hydrogen-bond donors (Lipinski definition) is 0. The van der Waals surface area contributed by atoms with E-state index in [1.165, 1.54) is 33.4 Å². The van der Waals surface area contributed by atoms with Gasteiger partial charge in [-0.15, -0.1) is 0 Å². The van der Waals surface area contributed by atoms with Crippen LogP contribution >= 0.6 is 0 Å². The van der Waals surface area contributed by atoms with Crippen molar-refractivity contribution in [3.8, 4) is 0 Å². The maximum atomic E-state index is 2.33. The highest BCUT2D eigenvalue weighted by molar-refractivity contribution is 5.65. The van der Waals surface area contributed by atoms with Crippen molar-refractivity contribution in [1.29, 1.82) is 0 Å². The van der Waals surface area contributed by atoms with Crippen molar-refractivity contribution < 1.29 is 0 Å². The molecule has 3 rings (SSSR count). The Morgan fingerprint density at radius 1 is 0.348 bits per heavy atom. The molecule has 0 spiro atoms. The van der Waals surface area contributed by atoms with Gasteiger partial charge in [-0.3, -0.25) is 0 Å². The van der Waals surface area contributed by atoms with Gasteiger partial charge in [0.2, 0.25) is 0 Å². The molecule has 0 saturated heterocycles. The Labute approximate surface area is 142 Å². The molecule has 0 aliphatic heterocycles. The minimum Gasteiger partial charge on any atom is -0.0657 e. The van der Waals surface area contributed by atoms with E-state index in [2.05, 4.69) is 55.4 Å². The monoisotopic (exact) mass is 306 g/mol. The minimum absolute atomic E-state index is 1.14. The van der Waals surface area contributed by atoms with E-state index in [0.717, 1.165) is 19.3 Å². The van der Waals surface area contributed by atoms with Gasteiger partial charge in [0.1, 0.15) is 0 Å². The first kappa shape index (κ1) is 16.3. The van der Waals surface area contributed by atoms with Crippen molar-refractivity contribution in [3.05, 3.63) is 66.9 Å². The molecular weight excluding hydrogens is 276 g/mol. The fourth-order valence-electron chi connectivity index (χ4n) is 4.38. The van der Waals surface area contributed by atoms with Crippen LogP contribution in [-0.2, 0) is 0 Å². The van der Waals surface area contributed by atoms with E-state index in [0.29, 0.717) is 0 Å². The molecule has 0 fully saturated rings. The molecule has 0 heterocycles. The molecule has 122 valence electrons. The third-order valence-corrected chi connectivity index (χ3v) is 6.74. The zero-order valence-corrected chi connectivity index (χ0v) is 16.1. The molecular formula is C23H30. The van der Waals surface area contributed by atoms with Crippen LogP contribution in [0, 0.1) is 0 Å². The molecule has 0 aromatic rings.